The van der Waals surface area contributed by atoms with Gasteiger partial charge in [0, 0.05) is 55.4 Å². The number of nitrogens with one attached hydrogen (secondary N) is 3. The molecule has 1 unspecified atom stereocenters. The van der Waals surface area contributed by atoms with Crippen molar-refractivity contribution < 1.29 is 4.79 Å². The molecule has 3 rings (SSSR count). The molecule has 0 spiro atoms. The fourth-order valence-corrected chi connectivity index (χ4v) is 3.78. The minimum Gasteiger partial charge on any atom is -0.369 e. The monoisotopic (exact) mass is 405 g/mol. The molecule has 3 N–H and O–H groups in total. The van der Waals surface area contributed by atoms with Gasteiger partial charge >= 0.3 is 0 Å². The molecule has 1 heterocycles. The molecule has 1 aromatic carbocycles. The fraction of sp³-hybridized carbons (Fsp3) is 0.619. The van der Waals surface area contributed by atoms with Crippen molar-refractivity contribution in [2.24, 2.45) is 10.9 Å². The zero-order valence-corrected chi connectivity index (χ0v) is 17.5. The Morgan fingerprint density at radius 3 is 2.86 bits per heavy atom. The first-order valence-electron chi connectivity index (χ1n) is 10.5. The van der Waals surface area contributed by atoms with Gasteiger partial charge in [-0.2, -0.15) is 0 Å². The van der Waals surface area contributed by atoms with Gasteiger partial charge in [0.15, 0.2) is 5.96 Å². The minimum atomic E-state index is 0.215. The third-order valence-electron chi connectivity index (χ3n) is 5.43. The number of hydrogen-bond donors (Lipinski definition) is 3. The zero-order valence-electron chi connectivity index (χ0n) is 16.7. The summed E-state index contributed by atoms with van der Waals surface area (Å²) in [5.74, 6) is 1.32. The van der Waals surface area contributed by atoms with E-state index in [9.17, 15) is 4.79 Å². The van der Waals surface area contributed by atoms with Crippen molar-refractivity contribution in [2.45, 2.75) is 45.1 Å². The van der Waals surface area contributed by atoms with Crippen molar-refractivity contribution in [3.8, 4) is 0 Å². The molecule has 7 heteroatoms. The van der Waals surface area contributed by atoms with Crippen LogP contribution >= 0.6 is 11.6 Å². The number of hydrogen-bond acceptors (Lipinski definition) is 3. The van der Waals surface area contributed by atoms with E-state index in [0.29, 0.717) is 19.1 Å². The van der Waals surface area contributed by atoms with E-state index in [1.165, 1.54) is 12.1 Å². The Morgan fingerprint density at radius 1 is 1.29 bits per heavy atom. The Labute approximate surface area is 173 Å². The first-order valence-corrected chi connectivity index (χ1v) is 10.9. The van der Waals surface area contributed by atoms with Gasteiger partial charge in [-0.25, -0.2) is 0 Å². The van der Waals surface area contributed by atoms with E-state index < -0.39 is 0 Å². The lowest BCUT2D eigenvalue weighted by Gasteiger charge is -2.23. The molecule has 2 fully saturated rings. The number of aliphatic imine (C=N–C) groups is 1. The summed E-state index contributed by atoms with van der Waals surface area (Å²) in [6.45, 7) is 6.24. The second-order valence-corrected chi connectivity index (χ2v) is 8.03. The zero-order chi connectivity index (χ0) is 19.8. The fourth-order valence-electron chi connectivity index (χ4n) is 3.60. The highest BCUT2D eigenvalue weighted by Gasteiger charge is 2.25. The Kier molecular flexibility index (Phi) is 7.83. The van der Waals surface area contributed by atoms with E-state index in [2.05, 4.69) is 38.8 Å². The molecule has 2 aliphatic rings. The Hall–Kier alpha value is -1.95. The van der Waals surface area contributed by atoms with E-state index in [1.807, 2.05) is 18.2 Å². The quantitative estimate of drug-likeness (QED) is 0.353. The van der Waals surface area contributed by atoms with Gasteiger partial charge in [0.1, 0.15) is 0 Å². The molecule has 1 aliphatic carbocycles. The summed E-state index contributed by atoms with van der Waals surface area (Å²) in [5.41, 5.74) is 1.17. The van der Waals surface area contributed by atoms with Crippen LogP contribution in [0.15, 0.2) is 29.3 Å². The highest BCUT2D eigenvalue weighted by atomic mass is 35.5. The van der Waals surface area contributed by atoms with E-state index in [-0.39, 0.29) is 11.8 Å². The maximum Gasteiger partial charge on any atom is 0.223 e. The highest BCUT2D eigenvalue weighted by Crippen LogP contribution is 2.26. The summed E-state index contributed by atoms with van der Waals surface area (Å²) in [4.78, 5) is 18.9. The van der Waals surface area contributed by atoms with Crippen molar-refractivity contribution in [3.63, 3.8) is 0 Å². The average Bonchev–Trinajstić information content (AvgIpc) is 3.08. The lowest BCUT2D eigenvalue weighted by atomic mass is 9.85. The summed E-state index contributed by atoms with van der Waals surface area (Å²) in [7, 11) is 0. The minimum absolute atomic E-state index is 0.215. The molecule has 1 atom stereocenters. The van der Waals surface area contributed by atoms with E-state index >= 15 is 0 Å². The number of carbonyl (C=O) groups is 1. The second kappa shape index (κ2) is 10.6. The van der Waals surface area contributed by atoms with Crippen LogP contribution in [0.2, 0.25) is 5.02 Å². The van der Waals surface area contributed by atoms with Crippen molar-refractivity contribution in [2.75, 3.05) is 37.6 Å². The molecule has 1 saturated carbocycles. The summed E-state index contributed by atoms with van der Waals surface area (Å²) in [5, 5.41) is 10.7. The van der Waals surface area contributed by atoms with E-state index in [0.717, 1.165) is 56.3 Å². The van der Waals surface area contributed by atoms with Crippen LogP contribution in [0.25, 0.3) is 0 Å². The predicted molar refractivity (Wildman–Crippen MR) is 116 cm³/mol. The van der Waals surface area contributed by atoms with Gasteiger partial charge < -0.3 is 20.9 Å². The van der Waals surface area contributed by atoms with E-state index in [4.69, 9.17) is 11.6 Å². The summed E-state index contributed by atoms with van der Waals surface area (Å²) < 4.78 is 0. The normalized spacial score (nSPS) is 20.0. The van der Waals surface area contributed by atoms with Crippen LogP contribution in [0.4, 0.5) is 5.69 Å². The predicted octanol–water partition coefficient (Wildman–Crippen LogP) is 2.78. The number of benzene rings is 1. The second-order valence-electron chi connectivity index (χ2n) is 7.59. The Bertz CT molecular complexity index is 677. The summed E-state index contributed by atoms with van der Waals surface area (Å²) in [6.07, 6.45) is 5.21. The van der Waals surface area contributed by atoms with Crippen LogP contribution in [0, 0.1) is 5.92 Å². The molecule has 6 nitrogen and oxygen atoms in total. The van der Waals surface area contributed by atoms with Crippen molar-refractivity contribution in [3.05, 3.63) is 29.3 Å². The molecule has 0 radical (unpaired) electrons. The largest absolute Gasteiger partial charge is 0.369 e. The van der Waals surface area contributed by atoms with Crippen molar-refractivity contribution in [1.82, 2.24) is 16.0 Å². The molecule has 1 aliphatic heterocycles. The molecular formula is C21H32ClN5O. The van der Waals surface area contributed by atoms with Crippen molar-refractivity contribution in [1.29, 1.82) is 0 Å². The van der Waals surface area contributed by atoms with Gasteiger partial charge in [0.05, 0.1) is 0 Å². The SMILES string of the molecule is CCNC(=NCCCNC(=O)C1CCC1)NC1CCN(c2cccc(Cl)c2)C1. The van der Waals surface area contributed by atoms with Crippen LogP contribution < -0.4 is 20.9 Å². The highest BCUT2D eigenvalue weighted by molar-refractivity contribution is 6.30. The molecule has 0 aromatic heterocycles. The Balaban J connectivity index is 1.41. The number of guanidine groups is 1. The smallest absolute Gasteiger partial charge is 0.223 e. The first-order chi connectivity index (χ1) is 13.7. The Morgan fingerprint density at radius 2 is 2.14 bits per heavy atom. The molecule has 154 valence electrons. The number of nitrogens with zero attached hydrogens (tertiary/aromatic N) is 2. The molecule has 0 bridgehead atoms. The first kappa shape index (κ1) is 20.8. The summed E-state index contributed by atoms with van der Waals surface area (Å²) >= 11 is 6.12. The number of halogens is 1. The van der Waals surface area contributed by atoms with Crippen LogP contribution in [0.3, 0.4) is 0 Å². The van der Waals surface area contributed by atoms with Gasteiger partial charge in [-0.3, -0.25) is 9.79 Å². The lowest BCUT2D eigenvalue weighted by Crippen LogP contribution is -2.44. The molecular weight excluding hydrogens is 374 g/mol. The molecule has 1 aromatic rings. The van der Waals surface area contributed by atoms with Gasteiger partial charge in [-0.1, -0.05) is 24.1 Å². The van der Waals surface area contributed by atoms with Gasteiger partial charge in [0.25, 0.3) is 0 Å². The van der Waals surface area contributed by atoms with Gasteiger partial charge in [-0.05, 0) is 50.8 Å². The number of amides is 1. The standard InChI is InChI=1S/C21H32ClN5O/c1-2-23-21(25-12-5-11-24-20(28)16-6-3-7-16)26-18-10-13-27(15-18)19-9-4-8-17(22)14-19/h4,8-9,14,16,18H,2-3,5-7,10-13,15H2,1H3,(H,24,28)(H2,23,25,26). The molecule has 28 heavy (non-hydrogen) atoms. The number of carbonyl (C=O) groups excluding carboxylic acids is 1. The number of rotatable bonds is 8. The van der Waals surface area contributed by atoms with Gasteiger partial charge in [-0.15, -0.1) is 0 Å². The maximum absolute atomic E-state index is 11.8. The third-order valence-corrected chi connectivity index (χ3v) is 5.66. The van der Waals surface area contributed by atoms with Crippen LogP contribution in [-0.4, -0.2) is 50.6 Å². The topological polar surface area (TPSA) is 68.8 Å². The average molecular weight is 406 g/mol. The molecule has 1 amide bonds. The number of anilines is 1. The maximum atomic E-state index is 11.8. The van der Waals surface area contributed by atoms with E-state index in [1.54, 1.807) is 0 Å². The van der Waals surface area contributed by atoms with Gasteiger partial charge in [0.2, 0.25) is 5.91 Å². The lowest BCUT2D eigenvalue weighted by molar-refractivity contribution is -0.127. The molecule has 1 saturated heterocycles. The van der Waals surface area contributed by atoms with Crippen molar-refractivity contribution >= 4 is 29.2 Å². The summed E-state index contributed by atoms with van der Waals surface area (Å²) in [6, 6.07) is 8.37. The van der Waals surface area contributed by atoms with Crippen LogP contribution in [0.5, 0.6) is 0 Å². The van der Waals surface area contributed by atoms with Crippen LogP contribution in [0.1, 0.15) is 39.0 Å². The third kappa shape index (κ3) is 6.03. The van der Waals surface area contributed by atoms with Crippen LogP contribution in [-0.2, 0) is 4.79 Å².